The van der Waals surface area contributed by atoms with Crippen molar-refractivity contribution in [2.75, 3.05) is 26.2 Å². The number of nitrogens with zero attached hydrogens (tertiary/aromatic N) is 1. The molecule has 0 spiro atoms. The van der Waals surface area contributed by atoms with Crippen LogP contribution >= 0.6 is 0 Å². The second-order valence-corrected chi connectivity index (χ2v) is 8.11. The number of rotatable bonds is 7. The zero-order valence-corrected chi connectivity index (χ0v) is 20.7. The van der Waals surface area contributed by atoms with Crippen molar-refractivity contribution in [1.82, 2.24) is 0 Å². The Morgan fingerprint density at radius 1 is 0.838 bits per heavy atom. The third kappa shape index (κ3) is 4.84. The lowest BCUT2D eigenvalue weighted by molar-refractivity contribution is -0.132. The third-order valence-corrected chi connectivity index (χ3v) is 5.87. The van der Waals surface area contributed by atoms with Crippen LogP contribution in [0.3, 0.4) is 0 Å². The van der Waals surface area contributed by atoms with E-state index in [9.17, 15) is 19.5 Å². The first kappa shape index (κ1) is 25.3. The molecule has 1 aliphatic rings. The Bertz CT molecular complexity index is 1410. The highest BCUT2D eigenvalue weighted by Crippen LogP contribution is 2.44. The van der Waals surface area contributed by atoms with Crippen LogP contribution in [-0.4, -0.2) is 44.1 Å². The first-order chi connectivity index (χ1) is 17.8. The molecule has 0 aliphatic carbocycles. The number of carbonyl (C=O) groups excluding carboxylic acids is 3. The molecule has 9 heteroatoms. The van der Waals surface area contributed by atoms with E-state index in [4.69, 9.17) is 18.9 Å². The predicted molar refractivity (Wildman–Crippen MR) is 135 cm³/mol. The summed E-state index contributed by atoms with van der Waals surface area (Å²) in [6.45, 7) is 1.27. The number of benzene rings is 3. The lowest BCUT2D eigenvalue weighted by atomic mass is 9.94. The van der Waals surface area contributed by atoms with Gasteiger partial charge in [-0.3, -0.25) is 19.3 Å². The first-order valence-electron chi connectivity index (χ1n) is 11.2. The zero-order chi connectivity index (χ0) is 26.7. The largest absolute Gasteiger partial charge is 0.507 e. The normalized spacial score (nSPS) is 16.4. The fraction of sp³-hybridized carbons (Fsp3) is 0.179. The van der Waals surface area contributed by atoms with Gasteiger partial charge in [0.15, 0.2) is 11.5 Å². The fourth-order valence-electron chi connectivity index (χ4n) is 4.23. The lowest BCUT2D eigenvalue weighted by Crippen LogP contribution is -2.29. The summed E-state index contributed by atoms with van der Waals surface area (Å²) in [5, 5.41) is 11.4. The molecular weight excluding hydrogens is 478 g/mol. The van der Waals surface area contributed by atoms with Gasteiger partial charge < -0.3 is 24.1 Å². The molecule has 9 nitrogen and oxygen atoms in total. The van der Waals surface area contributed by atoms with Gasteiger partial charge >= 0.3 is 5.97 Å². The molecule has 3 aromatic carbocycles. The van der Waals surface area contributed by atoms with E-state index in [0.29, 0.717) is 28.5 Å². The maximum atomic E-state index is 13.4. The van der Waals surface area contributed by atoms with Gasteiger partial charge in [-0.1, -0.05) is 18.2 Å². The molecule has 1 amide bonds. The molecule has 0 aromatic heterocycles. The van der Waals surface area contributed by atoms with Gasteiger partial charge in [0.1, 0.15) is 17.3 Å². The molecule has 1 saturated heterocycles. The quantitative estimate of drug-likeness (QED) is 0.167. The van der Waals surface area contributed by atoms with Gasteiger partial charge in [-0.25, -0.2) is 0 Å². The summed E-state index contributed by atoms with van der Waals surface area (Å²) >= 11 is 0. The number of ether oxygens (including phenoxy) is 4. The molecule has 0 radical (unpaired) electrons. The highest BCUT2D eigenvalue weighted by Gasteiger charge is 2.47. The van der Waals surface area contributed by atoms with Crippen molar-refractivity contribution in [1.29, 1.82) is 0 Å². The van der Waals surface area contributed by atoms with Crippen LogP contribution in [0.1, 0.15) is 24.1 Å². The molecule has 0 bridgehead atoms. The Balaban J connectivity index is 1.95. The van der Waals surface area contributed by atoms with Gasteiger partial charge in [0.25, 0.3) is 11.7 Å². The van der Waals surface area contributed by atoms with E-state index in [1.807, 2.05) is 0 Å². The van der Waals surface area contributed by atoms with E-state index >= 15 is 0 Å². The number of anilines is 1. The average Bonchev–Trinajstić information content (AvgIpc) is 3.17. The summed E-state index contributed by atoms with van der Waals surface area (Å²) in [6.07, 6.45) is 0. The van der Waals surface area contributed by atoms with Crippen molar-refractivity contribution in [2.45, 2.75) is 13.0 Å². The van der Waals surface area contributed by atoms with Crippen molar-refractivity contribution >= 4 is 29.1 Å². The van der Waals surface area contributed by atoms with E-state index in [0.717, 1.165) is 0 Å². The van der Waals surface area contributed by atoms with E-state index in [-0.39, 0.29) is 16.9 Å². The van der Waals surface area contributed by atoms with Crippen LogP contribution in [0.5, 0.6) is 23.0 Å². The van der Waals surface area contributed by atoms with Crippen LogP contribution in [-0.2, 0) is 14.4 Å². The number of carbonyl (C=O) groups is 3. The van der Waals surface area contributed by atoms with E-state index in [1.54, 1.807) is 60.7 Å². The summed E-state index contributed by atoms with van der Waals surface area (Å²) in [7, 11) is 4.42. The number of methoxy groups -OCH3 is 3. The van der Waals surface area contributed by atoms with Crippen molar-refractivity contribution in [3.8, 4) is 23.0 Å². The minimum Gasteiger partial charge on any atom is -0.507 e. The summed E-state index contributed by atoms with van der Waals surface area (Å²) in [5.41, 5.74) is 0.945. The summed E-state index contributed by atoms with van der Waals surface area (Å²) in [5.74, 6) is -1.16. The van der Waals surface area contributed by atoms with Crippen LogP contribution in [0.15, 0.2) is 72.3 Å². The lowest BCUT2D eigenvalue weighted by Gasteiger charge is -2.26. The second kappa shape index (κ2) is 10.4. The van der Waals surface area contributed by atoms with Crippen molar-refractivity contribution < 1.29 is 38.4 Å². The minimum atomic E-state index is -1.03. The van der Waals surface area contributed by atoms with Crippen molar-refractivity contribution in [3.05, 3.63) is 83.4 Å². The van der Waals surface area contributed by atoms with E-state index in [2.05, 4.69) is 0 Å². The molecule has 1 atom stereocenters. The smallest absolute Gasteiger partial charge is 0.308 e. The summed E-state index contributed by atoms with van der Waals surface area (Å²) < 4.78 is 21.1. The molecule has 4 rings (SSSR count). The first-order valence-corrected chi connectivity index (χ1v) is 11.2. The molecular formula is C28H25NO8. The fourth-order valence-corrected chi connectivity index (χ4v) is 4.23. The molecule has 37 heavy (non-hydrogen) atoms. The number of aliphatic hydroxyl groups excluding tert-OH is 1. The molecule has 1 heterocycles. The van der Waals surface area contributed by atoms with E-state index in [1.165, 1.54) is 39.2 Å². The van der Waals surface area contributed by atoms with Crippen LogP contribution in [0.2, 0.25) is 0 Å². The van der Waals surface area contributed by atoms with Crippen LogP contribution < -0.4 is 23.8 Å². The Hall–Kier alpha value is -4.79. The molecule has 3 aromatic rings. The number of amides is 1. The third-order valence-electron chi connectivity index (χ3n) is 5.87. The monoisotopic (exact) mass is 503 g/mol. The van der Waals surface area contributed by atoms with Crippen LogP contribution in [0.4, 0.5) is 5.69 Å². The molecule has 1 fully saturated rings. The Morgan fingerprint density at radius 2 is 1.54 bits per heavy atom. The Kier molecular flexibility index (Phi) is 7.15. The number of hydrogen-bond donors (Lipinski definition) is 1. The highest BCUT2D eigenvalue weighted by atomic mass is 16.5. The molecule has 1 N–H and O–H groups in total. The zero-order valence-electron chi connectivity index (χ0n) is 20.7. The number of hydrogen-bond acceptors (Lipinski definition) is 8. The molecule has 1 unspecified atom stereocenters. The predicted octanol–water partition coefficient (Wildman–Crippen LogP) is 4.26. The maximum Gasteiger partial charge on any atom is 0.308 e. The van der Waals surface area contributed by atoms with Crippen molar-refractivity contribution in [3.63, 3.8) is 0 Å². The van der Waals surface area contributed by atoms with Crippen LogP contribution in [0.25, 0.3) is 5.76 Å². The Labute approximate surface area is 213 Å². The SMILES string of the molecule is COc1cccc(N2C(=O)C(=O)/C(=C(/O)c3ccc(OC)c(OC)c3)C2c2cccc(OC(C)=O)c2)c1. The van der Waals surface area contributed by atoms with E-state index < -0.39 is 29.5 Å². The van der Waals surface area contributed by atoms with Crippen molar-refractivity contribution in [2.24, 2.45) is 0 Å². The molecule has 0 saturated carbocycles. The standard InChI is InChI=1S/C28H25NO8/c1-16(30)37-21-10-5-7-17(13-21)25-24(26(31)18-11-12-22(35-3)23(14-18)36-4)27(32)28(33)29(25)19-8-6-9-20(15-19)34-2/h5-15,25,31H,1-4H3/b26-24+. The number of ketones is 1. The van der Waals surface area contributed by atoms with Crippen LogP contribution in [0, 0.1) is 0 Å². The van der Waals surface area contributed by atoms with Gasteiger partial charge in [-0.05, 0) is 48.0 Å². The number of Topliss-reactive ketones (excluding diaryl/α,β-unsaturated/α-hetero) is 1. The molecule has 1 aliphatic heterocycles. The number of esters is 1. The highest BCUT2D eigenvalue weighted by molar-refractivity contribution is 6.51. The van der Waals surface area contributed by atoms with Gasteiger partial charge in [-0.2, -0.15) is 0 Å². The van der Waals surface area contributed by atoms with Gasteiger partial charge in [0.2, 0.25) is 0 Å². The van der Waals surface area contributed by atoms with Gasteiger partial charge in [0.05, 0.1) is 32.9 Å². The van der Waals surface area contributed by atoms with Gasteiger partial charge in [0, 0.05) is 24.2 Å². The molecule has 190 valence electrons. The van der Waals surface area contributed by atoms with Gasteiger partial charge in [-0.15, -0.1) is 0 Å². The summed E-state index contributed by atoms with van der Waals surface area (Å²) in [4.78, 5) is 39.6. The average molecular weight is 504 g/mol. The Morgan fingerprint density at radius 3 is 2.22 bits per heavy atom. The maximum absolute atomic E-state index is 13.4. The topological polar surface area (TPSA) is 112 Å². The summed E-state index contributed by atoms with van der Waals surface area (Å²) in [6, 6.07) is 16.7. The second-order valence-electron chi connectivity index (χ2n) is 8.11. The number of aliphatic hydroxyl groups is 1. The minimum absolute atomic E-state index is 0.139.